The lowest BCUT2D eigenvalue weighted by Crippen LogP contribution is -2.66. The van der Waals surface area contributed by atoms with Gasteiger partial charge in [-0.2, -0.15) is 0 Å². The molecular weight excluding hydrogens is 308 g/mol. The summed E-state index contributed by atoms with van der Waals surface area (Å²) in [5.41, 5.74) is 1.01. The van der Waals surface area contributed by atoms with E-state index in [9.17, 15) is 14.4 Å². The first-order valence-corrected chi connectivity index (χ1v) is 8.02. The topological polar surface area (TPSA) is 74.7 Å². The van der Waals surface area contributed by atoms with Gasteiger partial charge in [-0.05, 0) is 17.5 Å². The van der Waals surface area contributed by atoms with Gasteiger partial charge in [-0.15, -0.1) is 0 Å². The van der Waals surface area contributed by atoms with E-state index in [0.717, 1.165) is 10.9 Å². The van der Waals surface area contributed by atoms with Crippen LogP contribution in [-0.4, -0.2) is 64.3 Å². The molecule has 1 aromatic carbocycles. The Hall–Kier alpha value is -2.83. The minimum atomic E-state index is -0.564. The first kappa shape index (κ1) is 14.7. The van der Waals surface area contributed by atoms with Crippen LogP contribution in [-0.2, 0) is 20.9 Å². The van der Waals surface area contributed by atoms with Crippen molar-refractivity contribution in [3.05, 3.63) is 36.5 Å². The normalized spacial score (nSPS) is 20.9. The average molecular weight is 326 g/mol. The molecule has 0 radical (unpaired) electrons. The molecule has 1 atom stereocenters. The van der Waals surface area contributed by atoms with Crippen LogP contribution in [0.1, 0.15) is 0 Å². The van der Waals surface area contributed by atoms with E-state index in [2.05, 4.69) is 5.32 Å². The maximum atomic E-state index is 12.6. The molecule has 4 rings (SSSR count). The second kappa shape index (κ2) is 5.67. The van der Waals surface area contributed by atoms with Crippen LogP contribution in [0.3, 0.4) is 0 Å². The molecule has 0 saturated carbocycles. The highest BCUT2D eigenvalue weighted by Gasteiger charge is 2.39. The minimum Gasteiger partial charge on any atom is -0.345 e. The van der Waals surface area contributed by atoms with Crippen LogP contribution < -0.4 is 5.32 Å². The third-order valence-corrected chi connectivity index (χ3v) is 4.76. The molecular formula is C17H18N4O3. The summed E-state index contributed by atoms with van der Waals surface area (Å²) in [6.07, 6.45) is 1.90. The predicted octanol–water partition coefficient (Wildman–Crippen LogP) is -0.189. The van der Waals surface area contributed by atoms with Crippen LogP contribution >= 0.6 is 0 Å². The second-order valence-electron chi connectivity index (χ2n) is 6.16. The largest absolute Gasteiger partial charge is 0.345 e. The zero-order valence-electron chi connectivity index (χ0n) is 13.1. The van der Waals surface area contributed by atoms with Crippen molar-refractivity contribution in [1.29, 1.82) is 0 Å². The van der Waals surface area contributed by atoms with E-state index in [-0.39, 0.29) is 37.4 Å². The number of aromatic nitrogens is 1. The van der Waals surface area contributed by atoms with Crippen molar-refractivity contribution in [2.75, 3.05) is 26.2 Å². The van der Waals surface area contributed by atoms with Crippen LogP contribution in [0.4, 0.5) is 0 Å². The number of para-hydroxylation sites is 1. The van der Waals surface area contributed by atoms with Crippen molar-refractivity contribution in [3.8, 4) is 0 Å². The second-order valence-corrected chi connectivity index (χ2v) is 6.16. The van der Waals surface area contributed by atoms with E-state index in [4.69, 9.17) is 0 Å². The molecule has 0 unspecified atom stereocenters. The summed E-state index contributed by atoms with van der Waals surface area (Å²) in [5.74, 6) is -0.302. The standard InChI is InChI=1S/C17H18N4O3/c22-15-9-18-17(24)14-10-20(7-8-21(14)15)16(23)11-19-6-5-12-3-1-2-4-13(12)19/h1-6,14H,7-11H2,(H,18,24)/t14-/m0/s1. The summed E-state index contributed by atoms with van der Waals surface area (Å²) in [5, 5.41) is 3.68. The first-order valence-electron chi connectivity index (χ1n) is 8.02. The fourth-order valence-corrected chi connectivity index (χ4v) is 3.44. The molecule has 24 heavy (non-hydrogen) atoms. The molecule has 2 aromatic rings. The molecule has 2 fully saturated rings. The lowest BCUT2D eigenvalue weighted by Gasteiger charge is -2.42. The number of hydrogen-bond donors (Lipinski definition) is 1. The van der Waals surface area contributed by atoms with E-state index in [1.54, 1.807) is 9.80 Å². The lowest BCUT2D eigenvalue weighted by atomic mass is 10.1. The van der Waals surface area contributed by atoms with Crippen molar-refractivity contribution in [2.45, 2.75) is 12.6 Å². The van der Waals surface area contributed by atoms with Gasteiger partial charge in [-0.1, -0.05) is 18.2 Å². The Morgan fingerprint density at radius 2 is 2.00 bits per heavy atom. The number of amides is 3. The first-order chi connectivity index (χ1) is 11.6. The molecule has 1 aromatic heterocycles. The third kappa shape index (κ3) is 2.42. The Labute approximate surface area is 138 Å². The summed E-state index contributed by atoms with van der Waals surface area (Å²) in [4.78, 5) is 39.7. The van der Waals surface area contributed by atoms with Gasteiger partial charge in [-0.25, -0.2) is 0 Å². The quantitative estimate of drug-likeness (QED) is 0.831. The highest BCUT2D eigenvalue weighted by atomic mass is 16.2. The van der Waals surface area contributed by atoms with Crippen molar-refractivity contribution in [1.82, 2.24) is 19.7 Å². The fraction of sp³-hybridized carbons (Fsp3) is 0.353. The van der Waals surface area contributed by atoms with Crippen LogP contribution in [0, 0.1) is 0 Å². The van der Waals surface area contributed by atoms with Gasteiger partial charge in [0.05, 0.1) is 13.1 Å². The van der Waals surface area contributed by atoms with Crippen LogP contribution in [0.25, 0.3) is 10.9 Å². The molecule has 1 N–H and O–H groups in total. The smallest absolute Gasteiger partial charge is 0.245 e. The Morgan fingerprint density at radius 3 is 2.88 bits per heavy atom. The number of carbonyl (C=O) groups excluding carboxylic acids is 3. The van der Waals surface area contributed by atoms with Gasteiger partial charge in [0.25, 0.3) is 0 Å². The summed E-state index contributed by atoms with van der Waals surface area (Å²) in [6.45, 7) is 1.42. The summed E-state index contributed by atoms with van der Waals surface area (Å²) in [6, 6.07) is 9.31. The van der Waals surface area contributed by atoms with Crippen molar-refractivity contribution < 1.29 is 14.4 Å². The molecule has 2 aliphatic heterocycles. The highest BCUT2D eigenvalue weighted by molar-refractivity contribution is 5.95. The van der Waals surface area contributed by atoms with E-state index in [1.165, 1.54) is 0 Å². The Kier molecular flexibility index (Phi) is 3.48. The van der Waals surface area contributed by atoms with Gasteiger partial charge in [0.2, 0.25) is 17.7 Å². The number of hydrogen-bond acceptors (Lipinski definition) is 3. The molecule has 7 nitrogen and oxygen atoms in total. The lowest BCUT2D eigenvalue weighted by molar-refractivity contribution is -0.152. The van der Waals surface area contributed by atoms with Gasteiger partial charge in [0.1, 0.15) is 12.6 Å². The summed E-state index contributed by atoms with van der Waals surface area (Å²) < 4.78 is 1.91. The Morgan fingerprint density at radius 1 is 1.17 bits per heavy atom. The summed E-state index contributed by atoms with van der Waals surface area (Å²) in [7, 11) is 0. The number of rotatable bonds is 2. The average Bonchev–Trinajstić information content (AvgIpc) is 3.01. The van der Waals surface area contributed by atoms with E-state index in [0.29, 0.717) is 13.1 Å². The number of piperazine rings is 2. The monoisotopic (exact) mass is 326 g/mol. The number of carbonyl (C=O) groups is 3. The van der Waals surface area contributed by atoms with Crippen LogP contribution in [0.15, 0.2) is 36.5 Å². The molecule has 0 spiro atoms. The van der Waals surface area contributed by atoms with Gasteiger partial charge < -0.3 is 19.7 Å². The minimum absolute atomic E-state index is 0.0400. The fourth-order valence-electron chi connectivity index (χ4n) is 3.44. The number of fused-ring (bicyclic) bond motifs is 2. The van der Waals surface area contributed by atoms with E-state index < -0.39 is 6.04 Å². The molecule has 124 valence electrons. The molecule has 0 aliphatic carbocycles. The number of benzene rings is 1. The SMILES string of the molecule is O=C1NCC(=O)N2CCN(C(=O)Cn3ccc4ccccc43)C[C@@H]12. The molecule has 3 amide bonds. The zero-order chi connectivity index (χ0) is 16.7. The maximum absolute atomic E-state index is 12.6. The zero-order valence-corrected chi connectivity index (χ0v) is 13.1. The Bertz CT molecular complexity index is 828. The number of nitrogens with zero attached hydrogens (tertiary/aromatic N) is 3. The highest BCUT2D eigenvalue weighted by Crippen LogP contribution is 2.17. The number of nitrogens with one attached hydrogen (secondary N) is 1. The summed E-state index contributed by atoms with van der Waals surface area (Å²) >= 11 is 0. The van der Waals surface area contributed by atoms with Crippen molar-refractivity contribution in [3.63, 3.8) is 0 Å². The van der Waals surface area contributed by atoms with Gasteiger partial charge in [0.15, 0.2) is 0 Å². The van der Waals surface area contributed by atoms with E-state index in [1.807, 2.05) is 41.1 Å². The van der Waals surface area contributed by atoms with Crippen LogP contribution in [0.5, 0.6) is 0 Å². The Balaban J connectivity index is 1.49. The molecule has 0 bridgehead atoms. The van der Waals surface area contributed by atoms with Crippen molar-refractivity contribution in [2.24, 2.45) is 0 Å². The molecule has 2 aliphatic rings. The van der Waals surface area contributed by atoms with Crippen LogP contribution in [0.2, 0.25) is 0 Å². The molecule has 2 saturated heterocycles. The van der Waals surface area contributed by atoms with Gasteiger partial charge in [-0.3, -0.25) is 14.4 Å². The van der Waals surface area contributed by atoms with E-state index >= 15 is 0 Å². The maximum Gasteiger partial charge on any atom is 0.245 e. The third-order valence-electron chi connectivity index (χ3n) is 4.76. The predicted molar refractivity (Wildman–Crippen MR) is 87.0 cm³/mol. The van der Waals surface area contributed by atoms with Gasteiger partial charge in [0, 0.05) is 24.8 Å². The molecule has 3 heterocycles. The van der Waals surface area contributed by atoms with Gasteiger partial charge >= 0.3 is 0 Å². The van der Waals surface area contributed by atoms with Crippen molar-refractivity contribution >= 4 is 28.6 Å². The molecule has 7 heteroatoms.